The number of rotatable bonds is 26. The van der Waals surface area contributed by atoms with Crippen LogP contribution in [0.25, 0.3) is 0 Å². The first kappa shape index (κ1) is 46.7. The monoisotopic (exact) mass is 772 g/mol. The summed E-state index contributed by atoms with van der Waals surface area (Å²) < 4.78 is 40.0. The van der Waals surface area contributed by atoms with Crippen LogP contribution in [0.2, 0.25) is 0 Å². The molecule has 0 saturated carbocycles. The Morgan fingerprint density at radius 1 is 0.547 bits per heavy atom. The summed E-state index contributed by atoms with van der Waals surface area (Å²) in [6, 6.07) is 0. The van der Waals surface area contributed by atoms with Crippen molar-refractivity contribution < 1.29 is 84.2 Å². The van der Waals surface area contributed by atoms with Crippen molar-refractivity contribution in [3.63, 3.8) is 0 Å². The second-order valence-electron chi connectivity index (χ2n) is 14.5. The van der Waals surface area contributed by atoms with Crippen LogP contribution in [0.3, 0.4) is 0 Å². The maximum atomic E-state index is 11.0. The van der Waals surface area contributed by atoms with Gasteiger partial charge < -0.3 is 84.2 Å². The molecule has 3 saturated heterocycles. The molecular weight excluding hydrogens is 704 g/mol. The Morgan fingerprint density at radius 3 is 1.62 bits per heavy atom. The second-order valence-corrected chi connectivity index (χ2v) is 14.5. The van der Waals surface area contributed by atoms with Crippen LogP contribution in [0.4, 0.5) is 0 Å². The summed E-state index contributed by atoms with van der Waals surface area (Å²) in [5, 5.41) is 102. The Labute approximate surface area is 312 Å². The van der Waals surface area contributed by atoms with Gasteiger partial charge in [-0.25, -0.2) is 0 Å². The van der Waals surface area contributed by atoms with Crippen molar-refractivity contribution in [2.45, 2.75) is 189 Å². The van der Waals surface area contributed by atoms with Crippen molar-refractivity contribution in [2.75, 3.05) is 39.6 Å². The van der Waals surface area contributed by atoms with Crippen LogP contribution in [-0.4, -0.2) is 183 Å². The van der Waals surface area contributed by atoms with E-state index in [1.54, 1.807) is 0 Å². The van der Waals surface area contributed by atoms with E-state index >= 15 is 0 Å². The molecule has 3 aliphatic heterocycles. The van der Waals surface area contributed by atoms with Crippen molar-refractivity contribution in [1.29, 1.82) is 0 Å². The van der Waals surface area contributed by atoms with Crippen LogP contribution in [0.1, 0.15) is 96.8 Å². The number of ether oxygens (including phenoxy) is 7. The van der Waals surface area contributed by atoms with Crippen LogP contribution in [0.15, 0.2) is 0 Å². The largest absolute Gasteiger partial charge is 0.394 e. The topological polar surface area (TPSA) is 267 Å². The Kier molecular flexibility index (Phi) is 22.5. The zero-order chi connectivity index (χ0) is 38.8. The zero-order valence-corrected chi connectivity index (χ0v) is 31.1. The molecule has 0 spiro atoms. The highest BCUT2D eigenvalue weighted by Gasteiger charge is 2.51. The molecule has 15 unspecified atom stereocenters. The first-order chi connectivity index (χ1) is 25.5. The molecule has 17 nitrogen and oxygen atoms in total. The van der Waals surface area contributed by atoms with Gasteiger partial charge >= 0.3 is 0 Å². The minimum atomic E-state index is -1.84. The minimum absolute atomic E-state index is 0.0957. The van der Waals surface area contributed by atoms with Gasteiger partial charge in [-0.1, -0.05) is 90.4 Å². The Balaban J connectivity index is 1.54. The SMILES string of the molecule is CCCCCCCCCCCCCCCCOCC(COC1OCC(O)C(O)C1O)OC1OC(CO)C(O)C(O)C1OC1OC(CO)C(O)C(O)C1O. The predicted octanol–water partition coefficient (Wildman–Crippen LogP) is -1.05. The summed E-state index contributed by atoms with van der Waals surface area (Å²) in [5.74, 6) is 0. The van der Waals surface area contributed by atoms with Gasteiger partial charge in [0.25, 0.3) is 0 Å². The lowest BCUT2D eigenvalue weighted by atomic mass is 9.97. The number of hydrogen-bond acceptors (Lipinski definition) is 17. The van der Waals surface area contributed by atoms with E-state index in [9.17, 15) is 51.1 Å². The number of hydrogen-bond donors (Lipinski definition) is 10. The summed E-state index contributed by atoms with van der Waals surface area (Å²) in [7, 11) is 0. The van der Waals surface area contributed by atoms with E-state index in [4.69, 9.17) is 33.2 Å². The van der Waals surface area contributed by atoms with E-state index in [2.05, 4.69) is 6.92 Å². The highest BCUT2D eigenvalue weighted by atomic mass is 16.8. The highest BCUT2D eigenvalue weighted by Crippen LogP contribution is 2.30. The molecule has 3 fully saturated rings. The van der Waals surface area contributed by atoms with Gasteiger partial charge in [-0.05, 0) is 6.42 Å². The molecular formula is C36H68O17. The van der Waals surface area contributed by atoms with Crippen molar-refractivity contribution >= 4 is 0 Å². The molecule has 15 atom stereocenters. The van der Waals surface area contributed by atoms with Crippen LogP contribution in [0, 0.1) is 0 Å². The van der Waals surface area contributed by atoms with Gasteiger partial charge in [0.2, 0.25) is 0 Å². The van der Waals surface area contributed by atoms with Gasteiger partial charge in [-0.2, -0.15) is 0 Å². The van der Waals surface area contributed by atoms with Crippen LogP contribution >= 0.6 is 0 Å². The van der Waals surface area contributed by atoms with Crippen molar-refractivity contribution in [3.8, 4) is 0 Å². The Hall–Kier alpha value is -0.680. The van der Waals surface area contributed by atoms with Gasteiger partial charge in [-0.15, -0.1) is 0 Å². The average molecular weight is 773 g/mol. The lowest BCUT2D eigenvalue weighted by Gasteiger charge is -2.46. The molecule has 3 rings (SSSR count). The van der Waals surface area contributed by atoms with E-state index in [0.717, 1.165) is 25.7 Å². The van der Waals surface area contributed by atoms with Crippen LogP contribution in [0.5, 0.6) is 0 Å². The molecule has 314 valence electrons. The summed E-state index contributed by atoms with van der Waals surface area (Å²) >= 11 is 0. The van der Waals surface area contributed by atoms with Crippen molar-refractivity contribution in [2.24, 2.45) is 0 Å². The standard InChI is InChI=1S/C36H68O17/c1-2-3-4-5-6-7-8-9-10-11-12-13-14-15-16-47-19-22(20-48-34-31(45)26(40)23(39)21-49-34)50-36-33(30(44)28(42)25(18-38)52-36)53-35-32(46)29(43)27(41)24(17-37)51-35/h22-46H,2-21H2,1H3. The number of aliphatic hydroxyl groups excluding tert-OH is 10. The Morgan fingerprint density at radius 2 is 1.06 bits per heavy atom. The molecule has 0 aromatic heterocycles. The molecule has 53 heavy (non-hydrogen) atoms. The lowest BCUT2D eigenvalue weighted by molar-refractivity contribution is -0.374. The van der Waals surface area contributed by atoms with E-state index in [-0.39, 0.29) is 19.8 Å². The van der Waals surface area contributed by atoms with Gasteiger partial charge in [0.15, 0.2) is 18.9 Å². The quantitative estimate of drug-likeness (QED) is 0.0470. The molecule has 0 amide bonds. The van der Waals surface area contributed by atoms with Crippen molar-refractivity contribution in [1.82, 2.24) is 0 Å². The second kappa shape index (κ2) is 25.5. The fourth-order valence-corrected chi connectivity index (χ4v) is 6.70. The third kappa shape index (κ3) is 15.0. The molecule has 10 N–H and O–H groups in total. The van der Waals surface area contributed by atoms with Gasteiger partial charge in [-0.3, -0.25) is 0 Å². The van der Waals surface area contributed by atoms with Gasteiger partial charge in [0.05, 0.1) is 33.0 Å². The Bertz CT molecular complexity index is 934. The molecule has 0 aromatic carbocycles. The summed E-state index contributed by atoms with van der Waals surface area (Å²) in [5.41, 5.74) is 0. The third-order valence-corrected chi connectivity index (χ3v) is 10.1. The van der Waals surface area contributed by atoms with Gasteiger partial charge in [0, 0.05) is 6.61 Å². The lowest BCUT2D eigenvalue weighted by Crippen LogP contribution is -2.65. The fourth-order valence-electron chi connectivity index (χ4n) is 6.70. The fraction of sp³-hybridized carbons (Fsp3) is 1.00. The number of unbranched alkanes of at least 4 members (excludes halogenated alkanes) is 13. The van der Waals surface area contributed by atoms with Crippen LogP contribution in [-0.2, 0) is 33.2 Å². The van der Waals surface area contributed by atoms with Crippen molar-refractivity contribution in [3.05, 3.63) is 0 Å². The van der Waals surface area contributed by atoms with E-state index < -0.39 is 105 Å². The minimum Gasteiger partial charge on any atom is -0.394 e. The predicted molar refractivity (Wildman–Crippen MR) is 186 cm³/mol. The molecule has 0 radical (unpaired) electrons. The van der Waals surface area contributed by atoms with Crippen LogP contribution < -0.4 is 0 Å². The first-order valence-electron chi connectivity index (χ1n) is 19.6. The first-order valence-corrected chi connectivity index (χ1v) is 19.6. The van der Waals surface area contributed by atoms with Gasteiger partial charge in [0.1, 0.15) is 73.2 Å². The molecule has 17 heteroatoms. The maximum Gasteiger partial charge on any atom is 0.187 e. The zero-order valence-electron chi connectivity index (χ0n) is 31.1. The number of aliphatic hydroxyl groups is 10. The molecule has 0 bridgehead atoms. The maximum absolute atomic E-state index is 11.0. The normalized spacial score (nSPS) is 37.2. The molecule has 0 aliphatic carbocycles. The molecule has 3 aliphatic rings. The molecule has 0 aromatic rings. The average Bonchev–Trinajstić information content (AvgIpc) is 3.15. The van der Waals surface area contributed by atoms with E-state index in [1.807, 2.05) is 0 Å². The summed E-state index contributed by atoms with van der Waals surface area (Å²) in [4.78, 5) is 0. The van der Waals surface area contributed by atoms with E-state index in [0.29, 0.717) is 6.61 Å². The van der Waals surface area contributed by atoms with E-state index in [1.165, 1.54) is 64.2 Å². The smallest absolute Gasteiger partial charge is 0.187 e. The highest BCUT2D eigenvalue weighted by molar-refractivity contribution is 4.94. The summed E-state index contributed by atoms with van der Waals surface area (Å²) in [6.45, 7) is 0.440. The third-order valence-electron chi connectivity index (χ3n) is 10.1. The molecule has 3 heterocycles. The summed E-state index contributed by atoms with van der Waals surface area (Å²) in [6.07, 6.45) is -6.18.